The number of sulfonamides is 1. The first-order chi connectivity index (χ1) is 13.4. The minimum Gasteiger partial charge on any atom is -0.357 e. The van der Waals surface area contributed by atoms with Crippen LogP contribution in [0.5, 0.6) is 0 Å². The second-order valence-electron chi connectivity index (χ2n) is 7.83. The normalized spacial score (nSPS) is 20.0. The summed E-state index contributed by atoms with van der Waals surface area (Å²) in [4.78, 5) is 4.67. The third kappa shape index (κ3) is 10.1. The molecule has 166 valence electrons. The van der Waals surface area contributed by atoms with Crippen molar-refractivity contribution < 1.29 is 8.42 Å². The molecular weight excluding hydrogens is 499 g/mol. The highest BCUT2D eigenvalue weighted by atomic mass is 127. The Hall–Kier alpha value is -0.870. The minimum atomic E-state index is -3.27. The van der Waals surface area contributed by atoms with Gasteiger partial charge in [-0.05, 0) is 49.8 Å². The van der Waals surface area contributed by atoms with Gasteiger partial charge in [-0.1, -0.05) is 50.5 Å². The Bertz CT molecular complexity index is 740. The predicted molar refractivity (Wildman–Crippen MR) is 132 cm³/mol. The zero-order chi connectivity index (χ0) is 20.4. The monoisotopic (exact) mass is 536 g/mol. The average Bonchev–Trinajstić information content (AvgIpc) is 2.66. The van der Waals surface area contributed by atoms with Crippen LogP contribution in [0.3, 0.4) is 0 Å². The first kappa shape index (κ1) is 26.2. The molecule has 0 radical (unpaired) electrons. The van der Waals surface area contributed by atoms with E-state index in [-0.39, 0.29) is 29.7 Å². The summed E-state index contributed by atoms with van der Waals surface area (Å²) < 4.78 is 25.8. The van der Waals surface area contributed by atoms with Crippen LogP contribution in [-0.2, 0) is 22.3 Å². The Morgan fingerprint density at radius 3 is 2.66 bits per heavy atom. The molecule has 1 aliphatic rings. The van der Waals surface area contributed by atoms with Crippen LogP contribution >= 0.6 is 24.0 Å². The highest BCUT2D eigenvalue weighted by molar-refractivity contribution is 14.0. The fraction of sp³-hybridized carbons (Fsp3) is 0.667. The molecule has 6 nitrogen and oxygen atoms in total. The lowest BCUT2D eigenvalue weighted by Crippen LogP contribution is -2.38. The van der Waals surface area contributed by atoms with Gasteiger partial charge in [0, 0.05) is 13.1 Å². The van der Waals surface area contributed by atoms with Gasteiger partial charge in [0.1, 0.15) is 0 Å². The van der Waals surface area contributed by atoms with Crippen LogP contribution in [0, 0.1) is 11.8 Å². The van der Waals surface area contributed by atoms with E-state index < -0.39 is 10.0 Å². The minimum absolute atomic E-state index is 0. The second kappa shape index (κ2) is 13.4. The van der Waals surface area contributed by atoms with Crippen molar-refractivity contribution in [2.45, 2.75) is 58.2 Å². The Morgan fingerprint density at radius 1 is 1.21 bits per heavy atom. The number of aliphatic imine (C=N–C) groups is 1. The van der Waals surface area contributed by atoms with E-state index in [1.807, 2.05) is 24.3 Å². The highest BCUT2D eigenvalue weighted by Crippen LogP contribution is 2.30. The number of hydrogen-bond donors (Lipinski definition) is 3. The molecule has 0 saturated heterocycles. The SMILES string of the molecule is CCNC(=NCc1cccc(CS(=O)(=O)NC)c1)NCCC1CCCC(C)C1.I. The fourth-order valence-corrected chi connectivity index (χ4v) is 4.60. The molecule has 2 rings (SSSR count). The van der Waals surface area contributed by atoms with Crippen molar-refractivity contribution >= 4 is 40.0 Å². The summed E-state index contributed by atoms with van der Waals surface area (Å²) >= 11 is 0. The van der Waals surface area contributed by atoms with Gasteiger partial charge >= 0.3 is 0 Å². The standard InChI is InChI=1S/C21H36N4O2S.HI/c1-4-23-21(24-12-11-18-8-5-7-17(2)13-18)25-15-19-9-6-10-20(14-19)16-28(26,27)22-3;/h6,9-10,14,17-18,22H,4-5,7-8,11-13,15-16H2,1-3H3,(H2,23,24,25);1H. The largest absolute Gasteiger partial charge is 0.357 e. The number of benzene rings is 1. The lowest BCUT2D eigenvalue weighted by atomic mass is 9.81. The lowest BCUT2D eigenvalue weighted by Gasteiger charge is -2.26. The van der Waals surface area contributed by atoms with E-state index in [0.717, 1.165) is 42.0 Å². The van der Waals surface area contributed by atoms with Gasteiger partial charge in [-0.3, -0.25) is 0 Å². The van der Waals surface area contributed by atoms with Gasteiger partial charge in [0.15, 0.2) is 5.96 Å². The first-order valence-corrected chi connectivity index (χ1v) is 12.1. The maximum atomic E-state index is 11.7. The molecule has 0 spiro atoms. The van der Waals surface area contributed by atoms with Gasteiger partial charge in [-0.2, -0.15) is 0 Å². The topological polar surface area (TPSA) is 82.6 Å². The van der Waals surface area contributed by atoms with Gasteiger partial charge in [0.25, 0.3) is 0 Å². The van der Waals surface area contributed by atoms with Crippen LogP contribution in [0.15, 0.2) is 29.3 Å². The number of nitrogens with zero attached hydrogens (tertiary/aromatic N) is 1. The van der Waals surface area contributed by atoms with Crippen LogP contribution in [-0.4, -0.2) is 34.5 Å². The van der Waals surface area contributed by atoms with Crippen molar-refractivity contribution in [3.05, 3.63) is 35.4 Å². The van der Waals surface area contributed by atoms with Crippen LogP contribution in [0.25, 0.3) is 0 Å². The molecule has 0 aliphatic heterocycles. The van der Waals surface area contributed by atoms with Crippen molar-refractivity contribution in [2.75, 3.05) is 20.1 Å². The van der Waals surface area contributed by atoms with E-state index in [1.165, 1.54) is 39.2 Å². The van der Waals surface area contributed by atoms with Gasteiger partial charge in [0.2, 0.25) is 10.0 Å². The summed E-state index contributed by atoms with van der Waals surface area (Å²) in [5, 5.41) is 6.74. The Morgan fingerprint density at radius 2 is 1.97 bits per heavy atom. The third-order valence-corrected chi connectivity index (χ3v) is 6.65. The van der Waals surface area contributed by atoms with Crippen LogP contribution in [0.2, 0.25) is 0 Å². The van der Waals surface area contributed by atoms with Crippen molar-refractivity contribution in [1.82, 2.24) is 15.4 Å². The zero-order valence-electron chi connectivity index (χ0n) is 17.9. The summed E-state index contributed by atoms with van der Waals surface area (Å²) in [6, 6.07) is 7.60. The quantitative estimate of drug-likeness (QED) is 0.256. The molecule has 0 bridgehead atoms. The number of rotatable bonds is 9. The number of halogens is 1. The molecule has 1 saturated carbocycles. The van der Waals surface area contributed by atoms with Crippen molar-refractivity contribution in [3.63, 3.8) is 0 Å². The van der Waals surface area contributed by atoms with Gasteiger partial charge in [-0.15, -0.1) is 24.0 Å². The zero-order valence-corrected chi connectivity index (χ0v) is 21.1. The number of nitrogens with one attached hydrogen (secondary N) is 3. The molecule has 1 aliphatic carbocycles. The molecule has 2 unspecified atom stereocenters. The number of hydrogen-bond acceptors (Lipinski definition) is 3. The van der Waals surface area contributed by atoms with Gasteiger partial charge < -0.3 is 10.6 Å². The Labute approximate surface area is 193 Å². The molecule has 0 heterocycles. The van der Waals surface area contributed by atoms with Crippen molar-refractivity contribution in [2.24, 2.45) is 16.8 Å². The molecule has 2 atom stereocenters. The molecule has 29 heavy (non-hydrogen) atoms. The third-order valence-electron chi connectivity index (χ3n) is 5.31. The molecule has 8 heteroatoms. The molecule has 0 aromatic heterocycles. The summed E-state index contributed by atoms with van der Waals surface area (Å²) in [5.74, 6) is 2.49. The predicted octanol–water partition coefficient (Wildman–Crippen LogP) is 3.63. The van der Waals surface area contributed by atoms with E-state index in [4.69, 9.17) is 0 Å². The van der Waals surface area contributed by atoms with Crippen LogP contribution in [0.1, 0.15) is 57.1 Å². The van der Waals surface area contributed by atoms with Crippen LogP contribution in [0.4, 0.5) is 0 Å². The van der Waals surface area contributed by atoms with Crippen molar-refractivity contribution in [1.29, 1.82) is 0 Å². The van der Waals surface area contributed by atoms with Gasteiger partial charge in [0.05, 0.1) is 12.3 Å². The molecule has 1 aromatic carbocycles. The molecule has 1 aromatic rings. The average molecular weight is 537 g/mol. The summed E-state index contributed by atoms with van der Waals surface area (Å²) in [6.07, 6.45) is 6.62. The summed E-state index contributed by atoms with van der Waals surface area (Å²) in [6.45, 7) is 6.68. The summed E-state index contributed by atoms with van der Waals surface area (Å²) in [5.41, 5.74) is 1.77. The smallest absolute Gasteiger partial charge is 0.215 e. The van der Waals surface area contributed by atoms with E-state index in [2.05, 4.69) is 34.2 Å². The number of guanidine groups is 1. The van der Waals surface area contributed by atoms with Crippen molar-refractivity contribution in [3.8, 4) is 0 Å². The Kier molecular flexibility index (Phi) is 12.1. The molecule has 1 fully saturated rings. The maximum Gasteiger partial charge on any atom is 0.215 e. The maximum absolute atomic E-state index is 11.7. The fourth-order valence-electron chi connectivity index (χ4n) is 3.84. The summed E-state index contributed by atoms with van der Waals surface area (Å²) in [7, 11) is -1.83. The van der Waals surface area contributed by atoms with E-state index in [9.17, 15) is 8.42 Å². The highest BCUT2D eigenvalue weighted by Gasteiger charge is 2.18. The van der Waals surface area contributed by atoms with E-state index in [1.54, 1.807) is 0 Å². The second-order valence-corrected chi connectivity index (χ2v) is 9.76. The van der Waals surface area contributed by atoms with Crippen LogP contribution < -0.4 is 15.4 Å². The van der Waals surface area contributed by atoms with E-state index in [0.29, 0.717) is 6.54 Å². The lowest BCUT2D eigenvalue weighted by molar-refractivity contribution is 0.270. The molecule has 3 N–H and O–H groups in total. The Balaban J connectivity index is 0.00000420. The van der Waals surface area contributed by atoms with E-state index >= 15 is 0 Å². The first-order valence-electron chi connectivity index (χ1n) is 10.4. The van der Waals surface area contributed by atoms with Gasteiger partial charge in [-0.25, -0.2) is 18.1 Å². The molecule has 0 amide bonds. The molecular formula is C21H37IN4O2S.